The minimum absolute atomic E-state index is 0.237. The fourth-order valence-electron chi connectivity index (χ4n) is 2.66. The first-order chi connectivity index (χ1) is 12.8. The summed E-state index contributed by atoms with van der Waals surface area (Å²) >= 11 is 1.42. The first-order valence-corrected chi connectivity index (χ1v) is 9.04. The van der Waals surface area contributed by atoms with Gasteiger partial charge in [-0.3, -0.25) is 19.0 Å². The molecule has 3 rings (SSSR count). The molecular formula is C19H17FN2O4S. The van der Waals surface area contributed by atoms with Gasteiger partial charge in [0.2, 0.25) is 5.78 Å². The number of hydrogen-bond acceptors (Lipinski definition) is 6. The topological polar surface area (TPSA) is 78.3 Å². The number of thiophene rings is 1. The predicted octanol–water partition coefficient (Wildman–Crippen LogP) is 3.03. The van der Waals surface area contributed by atoms with Crippen molar-refractivity contribution in [3.63, 3.8) is 0 Å². The van der Waals surface area contributed by atoms with E-state index in [0.717, 1.165) is 22.6 Å². The second-order valence-electron chi connectivity index (χ2n) is 6.14. The smallest absolute Gasteiger partial charge is 0.326 e. The minimum Gasteiger partial charge on any atom is -0.453 e. The molecule has 2 aromatic heterocycles. The summed E-state index contributed by atoms with van der Waals surface area (Å²) in [7, 11) is 0. The van der Waals surface area contributed by atoms with Crippen LogP contribution >= 0.6 is 11.3 Å². The van der Waals surface area contributed by atoms with Crippen LogP contribution in [0.5, 0.6) is 0 Å². The van der Waals surface area contributed by atoms with E-state index in [0.29, 0.717) is 10.2 Å². The van der Waals surface area contributed by atoms with Gasteiger partial charge in [0, 0.05) is 10.4 Å². The van der Waals surface area contributed by atoms with Crippen molar-refractivity contribution in [2.75, 3.05) is 0 Å². The first-order valence-electron chi connectivity index (χ1n) is 8.22. The summed E-state index contributed by atoms with van der Waals surface area (Å²) in [4.78, 5) is 42.9. The Labute approximate surface area is 158 Å². The van der Waals surface area contributed by atoms with Crippen LogP contribution in [0.3, 0.4) is 0 Å². The van der Waals surface area contributed by atoms with E-state index in [9.17, 15) is 18.8 Å². The van der Waals surface area contributed by atoms with Crippen molar-refractivity contribution in [3.8, 4) is 0 Å². The molecule has 0 radical (unpaired) electrons. The van der Waals surface area contributed by atoms with Crippen molar-refractivity contribution in [1.29, 1.82) is 0 Å². The van der Waals surface area contributed by atoms with Gasteiger partial charge >= 0.3 is 5.97 Å². The van der Waals surface area contributed by atoms with Crippen LogP contribution in [-0.4, -0.2) is 27.4 Å². The van der Waals surface area contributed by atoms with E-state index < -0.39 is 23.7 Å². The molecule has 0 bridgehead atoms. The third kappa shape index (κ3) is 3.80. The number of aromatic nitrogens is 2. The number of fused-ring (bicyclic) bond motifs is 1. The number of rotatable bonds is 5. The summed E-state index contributed by atoms with van der Waals surface area (Å²) < 4.78 is 19.2. The van der Waals surface area contributed by atoms with E-state index >= 15 is 0 Å². The lowest BCUT2D eigenvalue weighted by atomic mass is 10.1. The number of aryl methyl sites for hydroxylation is 2. The summed E-state index contributed by atoms with van der Waals surface area (Å²) in [6.07, 6.45) is 0.244. The van der Waals surface area contributed by atoms with Gasteiger partial charge < -0.3 is 4.74 Å². The maximum Gasteiger partial charge on any atom is 0.326 e. The van der Waals surface area contributed by atoms with Gasteiger partial charge in [-0.2, -0.15) is 0 Å². The molecule has 6 nitrogen and oxygen atoms in total. The highest BCUT2D eigenvalue weighted by molar-refractivity contribution is 7.18. The molecule has 0 fully saturated rings. The number of ketones is 1. The van der Waals surface area contributed by atoms with Crippen molar-refractivity contribution in [2.45, 2.75) is 33.4 Å². The molecule has 0 aliphatic heterocycles. The Morgan fingerprint density at radius 3 is 2.59 bits per heavy atom. The second-order valence-corrected chi connectivity index (χ2v) is 7.35. The molecule has 3 aromatic rings. The summed E-state index contributed by atoms with van der Waals surface area (Å²) in [5.74, 6) is -1.64. The molecule has 8 heteroatoms. The Kier molecular flexibility index (Phi) is 5.18. The predicted molar refractivity (Wildman–Crippen MR) is 99.6 cm³/mol. The third-order valence-corrected chi connectivity index (χ3v) is 5.38. The molecule has 0 saturated carbocycles. The highest BCUT2D eigenvalue weighted by Gasteiger charge is 2.21. The van der Waals surface area contributed by atoms with Gasteiger partial charge in [-0.25, -0.2) is 9.37 Å². The van der Waals surface area contributed by atoms with Gasteiger partial charge in [0.25, 0.3) is 5.56 Å². The summed E-state index contributed by atoms with van der Waals surface area (Å²) in [5, 5.41) is 0.489. The minimum atomic E-state index is -1.06. The van der Waals surface area contributed by atoms with Crippen LogP contribution in [0, 0.1) is 19.7 Å². The van der Waals surface area contributed by atoms with E-state index in [2.05, 4.69) is 4.98 Å². The quantitative estimate of drug-likeness (QED) is 0.496. The van der Waals surface area contributed by atoms with Gasteiger partial charge in [-0.15, -0.1) is 11.3 Å². The number of carbonyl (C=O) groups is 2. The van der Waals surface area contributed by atoms with Gasteiger partial charge in [0.05, 0.1) is 11.7 Å². The molecule has 0 aliphatic rings. The van der Waals surface area contributed by atoms with Gasteiger partial charge in [0.15, 0.2) is 6.10 Å². The standard InChI is InChI=1S/C19H17FN2O4S/c1-10-12(3)27-18-16(10)19(25)22(9-21-18)8-15(23)26-11(2)17(24)13-4-6-14(20)7-5-13/h4-7,9,11H,8H2,1-3H3/t11-/m0/s1. The average Bonchev–Trinajstić information content (AvgIpc) is 2.92. The number of nitrogens with zero attached hydrogens (tertiary/aromatic N) is 2. The molecule has 2 heterocycles. The highest BCUT2D eigenvalue weighted by Crippen LogP contribution is 2.25. The average molecular weight is 388 g/mol. The van der Waals surface area contributed by atoms with Crippen LogP contribution in [-0.2, 0) is 16.1 Å². The van der Waals surface area contributed by atoms with Crippen LogP contribution in [0.15, 0.2) is 35.4 Å². The normalized spacial score (nSPS) is 12.1. The number of halogens is 1. The lowest BCUT2D eigenvalue weighted by Crippen LogP contribution is -2.30. The number of esters is 1. The van der Waals surface area contributed by atoms with Gasteiger partial charge in [0.1, 0.15) is 17.2 Å². The molecular weight excluding hydrogens is 371 g/mol. The van der Waals surface area contributed by atoms with Crippen molar-refractivity contribution in [1.82, 2.24) is 9.55 Å². The SMILES string of the molecule is Cc1sc2ncn(CC(=O)O[C@@H](C)C(=O)c3ccc(F)cc3)c(=O)c2c1C. The maximum absolute atomic E-state index is 12.9. The van der Waals surface area contributed by atoms with E-state index in [1.807, 2.05) is 13.8 Å². The van der Waals surface area contributed by atoms with Crippen molar-refractivity contribution in [3.05, 3.63) is 62.8 Å². The molecule has 0 spiro atoms. The third-order valence-electron chi connectivity index (χ3n) is 4.26. The highest BCUT2D eigenvalue weighted by atomic mass is 32.1. The van der Waals surface area contributed by atoms with Gasteiger partial charge in [-0.05, 0) is 50.6 Å². The van der Waals surface area contributed by atoms with Crippen molar-refractivity contribution < 1.29 is 18.7 Å². The van der Waals surface area contributed by atoms with E-state index in [1.165, 1.54) is 41.3 Å². The summed E-state index contributed by atoms with van der Waals surface area (Å²) in [5.41, 5.74) is 0.757. The molecule has 1 atom stereocenters. The molecule has 0 N–H and O–H groups in total. The zero-order valence-corrected chi connectivity index (χ0v) is 15.8. The van der Waals surface area contributed by atoms with Crippen molar-refractivity contribution in [2.24, 2.45) is 0 Å². The molecule has 1 aromatic carbocycles. The van der Waals surface area contributed by atoms with E-state index in [4.69, 9.17) is 4.74 Å². The number of benzene rings is 1. The molecule has 140 valence electrons. The van der Waals surface area contributed by atoms with Crippen molar-refractivity contribution >= 4 is 33.3 Å². The maximum atomic E-state index is 12.9. The number of Topliss-reactive ketones (excluding diaryl/α,β-unsaturated/α-hetero) is 1. The molecule has 0 saturated heterocycles. The Hall–Kier alpha value is -2.87. The Balaban J connectivity index is 1.74. The lowest BCUT2D eigenvalue weighted by molar-refractivity contribution is -0.147. The monoisotopic (exact) mass is 388 g/mol. The largest absolute Gasteiger partial charge is 0.453 e. The fraction of sp³-hybridized carbons (Fsp3) is 0.263. The summed E-state index contributed by atoms with van der Waals surface area (Å²) in [6.45, 7) is 4.82. The Bertz CT molecular complexity index is 1090. The zero-order chi connectivity index (χ0) is 19.7. The number of ether oxygens (including phenoxy) is 1. The first kappa shape index (κ1) is 18.9. The van der Waals surface area contributed by atoms with Crippen LogP contribution in [0.1, 0.15) is 27.7 Å². The van der Waals surface area contributed by atoms with E-state index in [1.54, 1.807) is 0 Å². The lowest BCUT2D eigenvalue weighted by Gasteiger charge is -2.13. The van der Waals surface area contributed by atoms with Crippen LogP contribution in [0.25, 0.3) is 10.2 Å². The van der Waals surface area contributed by atoms with E-state index in [-0.39, 0.29) is 17.7 Å². The fourth-order valence-corrected chi connectivity index (χ4v) is 3.65. The molecule has 27 heavy (non-hydrogen) atoms. The van der Waals surface area contributed by atoms with Gasteiger partial charge in [-0.1, -0.05) is 0 Å². The summed E-state index contributed by atoms with van der Waals surface area (Å²) in [6, 6.07) is 4.97. The van der Waals surface area contributed by atoms with Crippen LogP contribution in [0.4, 0.5) is 4.39 Å². The van der Waals surface area contributed by atoms with Crippen LogP contribution < -0.4 is 5.56 Å². The Morgan fingerprint density at radius 1 is 1.26 bits per heavy atom. The zero-order valence-electron chi connectivity index (χ0n) is 15.0. The molecule has 0 unspecified atom stereocenters. The second kappa shape index (κ2) is 7.40. The Morgan fingerprint density at radius 2 is 1.93 bits per heavy atom. The number of carbonyl (C=O) groups excluding carboxylic acids is 2. The number of hydrogen-bond donors (Lipinski definition) is 0. The van der Waals surface area contributed by atoms with Crippen LogP contribution in [0.2, 0.25) is 0 Å². The molecule has 0 aliphatic carbocycles. The molecule has 0 amide bonds.